The highest BCUT2D eigenvalue weighted by Gasteiger charge is 2.13. The summed E-state index contributed by atoms with van der Waals surface area (Å²) >= 11 is 1.30. The van der Waals surface area contributed by atoms with E-state index in [2.05, 4.69) is 17.2 Å². The Bertz CT molecular complexity index is 776. The molecule has 6 nitrogen and oxygen atoms in total. The molecule has 0 aliphatic rings. The normalized spacial score (nSPS) is 11.0. The van der Waals surface area contributed by atoms with Gasteiger partial charge in [-0.15, -0.1) is 0 Å². The fraction of sp³-hybridized carbons (Fsp3) is 0.526. The van der Waals surface area contributed by atoms with Crippen molar-refractivity contribution >= 4 is 28.6 Å². The highest BCUT2D eigenvalue weighted by atomic mass is 32.2. The lowest BCUT2D eigenvalue weighted by atomic mass is 10.2. The topological polar surface area (TPSA) is 73.2 Å². The summed E-state index contributed by atoms with van der Waals surface area (Å²) in [7, 11) is 1.59. The van der Waals surface area contributed by atoms with Crippen molar-refractivity contribution in [1.29, 1.82) is 0 Å². The third kappa shape index (κ3) is 5.85. The molecule has 26 heavy (non-hydrogen) atoms. The second-order valence-electron chi connectivity index (χ2n) is 6.06. The summed E-state index contributed by atoms with van der Waals surface area (Å²) in [6.07, 6.45) is 4.31. The summed E-state index contributed by atoms with van der Waals surface area (Å²) < 4.78 is 6.64. The summed E-state index contributed by atoms with van der Waals surface area (Å²) in [5, 5.41) is 4.01. The number of hydrogen-bond acceptors (Lipinski definition) is 5. The summed E-state index contributed by atoms with van der Waals surface area (Å²) in [5.41, 5.74) is 0.638. The standard InChI is InChI=1S/C19H27N3O3S/c1-3-4-5-8-12-22-18(24)15-9-6-7-10-16(15)21-19(22)26-14-17(23)20-11-13-25-2/h6-7,9-10H,3-5,8,11-14H2,1-2H3,(H,20,23). The Kier molecular flexibility index (Phi) is 8.64. The summed E-state index contributed by atoms with van der Waals surface area (Å²) in [6, 6.07) is 7.36. The third-order valence-electron chi connectivity index (χ3n) is 4.02. The Labute approximate surface area is 158 Å². The molecule has 0 fully saturated rings. The van der Waals surface area contributed by atoms with Crippen molar-refractivity contribution < 1.29 is 9.53 Å². The SMILES string of the molecule is CCCCCCn1c(SCC(=O)NCCOC)nc2ccccc2c1=O. The second kappa shape index (κ2) is 11.0. The number of para-hydroxylation sites is 1. The first-order valence-electron chi connectivity index (χ1n) is 9.05. The minimum absolute atomic E-state index is 0.0330. The van der Waals surface area contributed by atoms with Crippen molar-refractivity contribution in [2.24, 2.45) is 0 Å². The van der Waals surface area contributed by atoms with Gasteiger partial charge in [-0.2, -0.15) is 0 Å². The monoisotopic (exact) mass is 377 g/mol. The zero-order valence-electron chi connectivity index (χ0n) is 15.5. The van der Waals surface area contributed by atoms with Crippen LogP contribution in [0.2, 0.25) is 0 Å². The van der Waals surface area contributed by atoms with Gasteiger partial charge in [0.1, 0.15) is 0 Å². The number of unbranched alkanes of at least 4 members (excludes halogenated alkanes) is 3. The molecule has 0 bridgehead atoms. The number of amides is 1. The van der Waals surface area contributed by atoms with Crippen LogP contribution in [0.15, 0.2) is 34.2 Å². The van der Waals surface area contributed by atoms with Crippen molar-refractivity contribution in [2.75, 3.05) is 26.0 Å². The summed E-state index contributed by atoms with van der Waals surface area (Å²) in [5.74, 6) is 0.135. The number of rotatable bonds is 11. The Morgan fingerprint density at radius 2 is 2.08 bits per heavy atom. The van der Waals surface area contributed by atoms with E-state index in [1.807, 2.05) is 18.2 Å². The lowest BCUT2D eigenvalue weighted by molar-refractivity contribution is -0.118. The first kappa shape index (κ1) is 20.5. The van der Waals surface area contributed by atoms with Crippen LogP contribution in [0.5, 0.6) is 0 Å². The van der Waals surface area contributed by atoms with Crippen LogP contribution in [0.3, 0.4) is 0 Å². The van der Waals surface area contributed by atoms with E-state index in [0.29, 0.717) is 35.8 Å². The van der Waals surface area contributed by atoms with Crippen LogP contribution >= 0.6 is 11.8 Å². The van der Waals surface area contributed by atoms with Crippen LogP contribution in [0, 0.1) is 0 Å². The molecule has 0 spiro atoms. The molecule has 0 aliphatic carbocycles. The summed E-state index contributed by atoms with van der Waals surface area (Å²) in [4.78, 5) is 29.4. The van der Waals surface area contributed by atoms with Gasteiger partial charge in [0.25, 0.3) is 5.56 Å². The minimum atomic E-state index is -0.0907. The molecule has 2 rings (SSSR count). The molecule has 1 aromatic carbocycles. The van der Waals surface area contributed by atoms with Crippen LogP contribution in [-0.2, 0) is 16.1 Å². The molecular weight excluding hydrogens is 350 g/mol. The Hall–Kier alpha value is -1.86. The molecule has 1 amide bonds. The van der Waals surface area contributed by atoms with Crippen molar-refractivity contribution in [2.45, 2.75) is 44.3 Å². The molecule has 0 radical (unpaired) electrons. The van der Waals surface area contributed by atoms with Gasteiger partial charge < -0.3 is 10.1 Å². The number of nitrogens with one attached hydrogen (secondary N) is 1. The molecule has 2 aromatic rings. The van der Waals surface area contributed by atoms with Crippen molar-refractivity contribution in [3.63, 3.8) is 0 Å². The van der Waals surface area contributed by atoms with E-state index in [0.717, 1.165) is 25.7 Å². The number of carbonyl (C=O) groups is 1. The second-order valence-corrected chi connectivity index (χ2v) is 7.00. The van der Waals surface area contributed by atoms with E-state index in [4.69, 9.17) is 4.74 Å². The van der Waals surface area contributed by atoms with Crippen molar-refractivity contribution in [3.8, 4) is 0 Å². The molecule has 0 unspecified atom stereocenters. The minimum Gasteiger partial charge on any atom is -0.383 e. The maximum absolute atomic E-state index is 12.9. The van der Waals surface area contributed by atoms with Crippen molar-refractivity contribution in [1.82, 2.24) is 14.9 Å². The van der Waals surface area contributed by atoms with Gasteiger partial charge >= 0.3 is 0 Å². The average molecular weight is 378 g/mol. The first-order valence-corrected chi connectivity index (χ1v) is 10.0. The number of benzene rings is 1. The molecule has 1 N–H and O–H groups in total. The molecule has 1 heterocycles. The molecule has 0 atom stereocenters. The highest BCUT2D eigenvalue weighted by Crippen LogP contribution is 2.18. The van der Waals surface area contributed by atoms with E-state index < -0.39 is 0 Å². The zero-order chi connectivity index (χ0) is 18.8. The molecule has 1 aromatic heterocycles. The van der Waals surface area contributed by atoms with Gasteiger partial charge in [-0.25, -0.2) is 4.98 Å². The van der Waals surface area contributed by atoms with Crippen LogP contribution in [0.25, 0.3) is 10.9 Å². The van der Waals surface area contributed by atoms with Gasteiger partial charge in [-0.1, -0.05) is 50.1 Å². The number of nitrogens with zero attached hydrogens (tertiary/aromatic N) is 2. The lowest BCUT2D eigenvalue weighted by Crippen LogP contribution is -2.29. The van der Waals surface area contributed by atoms with Gasteiger partial charge in [0.15, 0.2) is 5.16 Å². The zero-order valence-corrected chi connectivity index (χ0v) is 16.3. The lowest BCUT2D eigenvalue weighted by Gasteiger charge is -2.13. The van der Waals surface area contributed by atoms with Gasteiger partial charge in [-0.3, -0.25) is 14.2 Å². The van der Waals surface area contributed by atoms with E-state index in [1.54, 1.807) is 17.7 Å². The average Bonchev–Trinajstić information content (AvgIpc) is 2.65. The number of fused-ring (bicyclic) bond motifs is 1. The van der Waals surface area contributed by atoms with Crippen LogP contribution in [-0.4, -0.2) is 41.5 Å². The van der Waals surface area contributed by atoms with Gasteiger partial charge in [0.05, 0.1) is 23.3 Å². The number of hydrogen-bond donors (Lipinski definition) is 1. The Morgan fingerprint density at radius 3 is 2.85 bits per heavy atom. The first-order chi connectivity index (χ1) is 12.7. The molecule has 0 aliphatic heterocycles. The number of methoxy groups -OCH3 is 1. The number of carbonyl (C=O) groups excluding carboxylic acids is 1. The Morgan fingerprint density at radius 1 is 1.27 bits per heavy atom. The fourth-order valence-electron chi connectivity index (χ4n) is 2.63. The maximum Gasteiger partial charge on any atom is 0.262 e. The van der Waals surface area contributed by atoms with E-state index >= 15 is 0 Å². The third-order valence-corrected chi connectivity index (χ3v) is 5.00. The van der Waals surface area contributed by atoms with Crippen LogP contribution in [0.4, 0.5) is 0 Å². The van der Waals surface area contributed by atoms with E-state index in [9.17, 15) is 9.59 Å². The Balaban J connectivity index is 2.16. The van der Waals surface area contributed by atoms with Crippen LogP contribution in [0.1, 0.15) is 32.6 Å². The van der Waals surface area contributed by atoms with Gasteiger partial charge in [0, 0.05) is 20.2 Å². The molecule has 142 valence electrons. The number of ether oxygens (including phenoxy) is 1. The summed E-state index contributed by atoms with van der Waals surface area (Å²) in [6.45, 7) is 3.75. The largest absolute Gasteiger partial charge is 0.383 e. The molecular formula is C19H27N3O3S. The number of thioether (sulfide) groups is 1. The van der Waals surface area contributed by atoms with Crippen LogP contribution < -0.4 is 10.9 Å². The smallest absolute Gasteiger partial charge is 0.262 e. The predicted octanol–water partition coefficient (Wildman–Crippen LogP) is 2.83. The van der Waals surface area contributed by atoms with Gasteiger partial charge in [-0.05, 0) is 18.6 Å². The predicted molar refractivity (Wildman–Crippen MR) is 106 cm³/mol. The maximum atomic E-state index is 12.9. The molecule has 7 heteroatoms. The van der Waals surface area contributed by atoms with Crippen molar-refractivity contribution in [3.05, 3.63) is 34.6 Å². The molecule has 0 saturated carbocycles. The number of aromatic nitrogens is 2. The van der Waals surface area contributed by atoms with Gasteiger partial charge in [0.2, 0.25) is 5.91 Å². The molecule has 0 saturated heterocycles. The highest BCUT2D eigenvalue weighted by molar-refractivity contribution is 7.99. The quantitative estimate of drug-likeness (QED) is 0.370. The van der Waals surface area contributed by atoms with E-state index in [1.165, 1.54) is 11.8 Å². The fourth-order valence-corrected chi connectivity index (χ4v) is 3.48. The van der Waals surface area contributed by atoms with E-state index in [-0.39, 0.29) is 17.2 Å².